The van der Waals surface area contributed by atoms with Crippen molar-refractivity contribution in [3.05, 3.63) is 70.2 Å². The van der Waals surface area contributed by atoms with E-state index in [1.807, 2.05) is 0 Å². The van der Waals surface area contributed by atoms with Gasteiger partial charge in [-0.2, -0.15) is 0 Å². The largest absolute Gasteiger partial charge is 0.454 e. The average molecular weight is 436 g/mol. The van der Waals surface area contributed by atoms with Gasteiger partial charge in [-0.1, -0.05) is 11.6 Å². The molecule has 30 heavy (non-hydrogen) atoms. The molecule has 2 aromatic carbocycles. The Balaban J connectivity index is 1.53. The van der Waals surface area contributed by atoms with Crippen LogP contribution >= 0.6 is 11.6 Å². The van der Waals surface area contributed by atoms with Gasteiger partial charge in [0.1, 0.15) is 0 Å². The molecule has 1 aliphatic heterocycles. The van der Waals surface area contributed by atoms with Crippen molar-refractivity contribution >= 4 is 29.3 Å². The summed E-state index contributed by atoms with van der Waals surface area (Å²) in [5.41, 5.74) is 0.448. The summed E-state index contributed by atoms with van der Waals surface area (Å²) in [6.07, 6.45) is -0.315. The van der Waals surface area contributed by atoms with E-state index in [0.717, 1.165) is 18.2 Å². The second-order valence-electron chi connectivity index (χ2n) is 7.15. The Bertz CT molecular complexity index is 956. The van der Waals surface area contributed by atoms with Crippen LogP contribution in [0.2, 0.25) is 5.02 Å². The number of rotatable bonds is 5. The highest BCUT2D eigenvalue weighted by Gasteiger charge is 2.31. The van der Waals surface area contributed by atoms with Gasteiger partial charge in [-0.05, 0) is 62.2 Å². The molecule has 1 fully saturated rings. The van der Waals surface area contributed by atoms with Crippen molar-refractivity contribution < 1.29 is 27.9 Å². The van der Waals surface area contributed by atoms with E-state index >= 15 is 0 Å². The number of carbonyl (C=O) groups is 3. The number of esters is 1. The Labute approximate surface area is 177 Å². The minimum Gasteiger partial charge on any atom is -0.454 e. The number of carbonyl (C=O) groups excluding carboxylic acids is 3. The van der Waals surface area contributed by atoms with Gasteiger partial charge in [0, 0.05) is 29.2 Å². The van der Waals surface area contributed by atoms with E-state index in [2.05, 4.69) is 0 Å². The van der Waals surface area contributed by atoms with Gasteiger partial charge in [-0.3, -0.25) is 14.4 Å². The smallest absolute Gasteiger partial charge is 0.309 e. The van der Waals surface area contributed by atoms with Crippen LogP contribution in [-0.4, -0.2) is 41.8 Å². The van der Waals surface area contributed by atoms with Crippen LogP contribution in [0.25, 0.3) is 0 Å². The Morgan fingerprint density at radius 3 is 2.20 bits per heavy atom. The minimum absolute atomic E-state index is 0.0717. The molecule has 0 saturated carbocycles. The summed E-state index contributed by atoms with van der Waals surface area (Å²) in [4.78, 5) is 38.9. The topological polar surface area (TPSA) is 63.7 Å². The number of ketones is 1. The molecule has 2 aromatic rings. The highest BCUT2D eigenvalue weighted by molar-refractivity contribution is 6.30. The van der Waals surface area contributed by atoms with E-state index < -0.39 is 35.4 Å². The van der Waals surface area contributed by atoms with Crippen molar-refractivity contribution in [3.63, 3.8) is 0 Å². The summed E-state index contributed by atoms with van der Waals surface area (Å²) in [5.74, 6) is -3.94. The fraction of sp³-hybridized carbons (Fsp3) is 0.318. The first-order valence-corrected chi connectivity index (χ1v) is 9.88. The molecular formula is C22H20ClF2NO4. The van der Waals surface area contributed by atoms with E-state index in [4.69, 9.17) is 16.3 Å². The molecule has 1 amide bonds. The molecule has 0 bridgehead atoms. The van der Waals surface area contributed by atoms with Crippen molar-refractivity contribution in [3.8, 4) is 0 Å². The van der Waals surface area contributed by atoms with Crippen LogP contribution in [0.5, 0.6) is 0 Å². The van der Waals surface area contributed by atoms with Gasteiger partial charge >= 0.3 is 5.97 Å². The maximum atomic E-state index is 13.3. The summed E-state index contributed by atoms with van der Waals surface area (Å²) >= 11 is 5.84. The Morgan fingerprint density at radius 1 is 1.00 bits per heavy atom. The van der Waals surface area contributed by atoms with Gasteiger partial charge in [0.2, 0.25) is 5.78 Å². The molecule has 1 heterocycles. The van der Waals surface area contributed by atoms with Crippen LogP contribution in [0.3, 0.4) is 0 Å². The van der Waals surface area contributed by atoms with Gasteiger partial charge in [0.05, 0.1) is 5.92 Å². The number of benzene rings is 2. The van der Waals surface area contributed by atoms with Crippen LogP contribution in [0.4, 0.5) is 8.78 Å². The van der Waals surface area contributed by atoms with E-state index in [-0.39, 0.29) is 11.5 Å². The van der Waals surface area contributed by atoms with E-state index in [9.17, 15) is 23.2 Å². The third-order valence-electron chi connectivity index (χ3n) is 5.07. The van der Waals surface area contributed by atoms with Crippen molar-refractivity contribution in [1.29, 1.82) is 0 Å². The van der Waals surface area contributed by atoms with Crippen molar-refractivity contribution in [2.24, 2.45) is 5.92 Å². The summed E-state index contributed by atoms with van der Waals surface area (Å²) in [5, 5.41) is 0.542. The van der Waals surface area contributed by atoms with Gasteiger partial charge in [0.15, 0.2) is 17.7 Å². The second-order valence-corrected chi connectivity index (χ2v) is 7.58. The molecule has 8 heteroatoms. The number of Topliss-reactive ketones (excluding diaryl/α,β-unsaturated/α-hetero) is 1. The Hall–Kier alpha value is -2.80. The maximum Gasteiger partial charge on any atom is 0.309 e. The summed E-state index contributed by atoms with van der Waals surface area (Å²) < 4.78 is 31.6. The molecule has 5 nitrogen and oxygen atoms in total. The summed E-state index contributed by atoms with van der Waals surface area (Å²) in [6, 6.07) is 9.36. The van der Waals surface area contributed by atoms with Crippen LogP contribution in [0.1, 0.15) is 40.5 Å². The quantitative estimate of drug-likeness (QED) is 0.519. The molecule has 0 aromatic heterocycles. The van der Waals surface area contributed by atoms with E-state index in [1.165, 1.54) is 6.92 Å². The Kier molecular flexibility index (Phi) is 6.82. The van der Waals surface area contributed by atoms with Crippen LogP contribution in [0, 0.1) is 17.6 Å². The van der Waals surface area contributed by atoms with Gasteiger partial charge < -0.3 is 9.64 Å². The SMILES string of the molecule is C[C@@H](OC(=O)C1CCN(C(=O)c2ccc(Cl)cc2)CC1)C(=O)c1ccc(F)c(F)c1. The zero-order valence-electron chi connectivity index (χ0n) is 16.2. The fourth-order valence-corrected chi connectivity index (χ4v) is 3.43. The first-order valence-electron chi connectivity index (χ1n) is 9.51. The molecule has 0 N–H and O–H groups in total. The second kappa shape index (κ2) is 9.34. The zero-order valence-corrected chi connectivity index (χ0v) is 17.0. The molecule has 158 valence electrons. The molecule has 1 saturated heterocycles. The number of ether oxygens (including phenoxy) is 1. The molecular weight excluding hydrogens is 416 g/mol. The normalized spacial score (nSPS) is 15.5. The molecule has 0 unspecified atom stereocenters. The van der Waals surface area contributed by atoms with Crippen LogP contribution < -0.4 is 0 Å². The first-order chi connectivity index (χ1) is 14.3. The number of piperidine rings is 1. The lowest BCUT2D eigenvalue weighted by atomic mass is 9.96. The van der Waals surface area contributed by atoms with Gasteiger partial charge in [0.25, 0.3) is 5.91 Å². The van der Waals surface area contributed by atoms with E-state index in [1.54, 1.807) is 29.2 Å². The molecule has 0 radical (unpaired) electrons. The third-order valence-corrected chi connectivity index (χ3v) is 5.32. The molecule has 3 rings (SSSR count). The van der Waals surface area contributed by atoms with Crippen LogP contribution in [-0.2, 0) is 9.53 Å². The average Bonchev–Trinajstić information content (AvgIpc) is 2.75. The number of halogens is 3. The van der Waals surface area contributed by atoms with Crippen molar-refractivity contribution in [1.82, 2.24) is 4.90 Å². The standard InChI is InChI=1S/C22H20ClF2NO4/c1-13(20(27)16-4-7-18(24)19(25)12-16)30-22(29)15-8-10-26(11-9-15)21(28)14-2-5-17(23)6-3-14/h2-7,12-13,15H,8-11H2,1H3/t13-/m1/s1. The first kappa shape index (κ1) is 21.9. The maximum absolute atomic E-state index is 13.3. The third kappa shape index (κ3) is 5.02. The molecule has 0 spiro atoms. The van der Waals surface area contributed by atoms with Crippen molar-refractivity contribution in [2.75, 3.05) is 13.1 Å². The minimum atomic E-state index is -1.14. The number of likely N-dealkylation sites (tertiary alicyclic amines) is 1. The summed E-state index contributed by atoms with van der Waals surface area (Å²) in [7, 11) is 0. The lowest BCUT2D eigenvalue weighted by molar-refractivity contribution is -0.152. The van der Waals surface area contributed by atoms with Gasteiger partial charge in [-0.15, -0.1) is 0 Å². The monoisotopic (exact) mass is 435 g/mol. The number of amides is 1. The van der Waals surface area contributed by atoms with Crippen molar-refractivity contribution in [2.45, 2.75) is 25.9 Å². The number of hydrogen-bond donors (Lipinski definition) is 0. The van der Waals surface area contributed by atoms with Crippen LogP contribution in [0.15, 0.2) is 42.5 Å². The lowest BCUT2D eigenvalue weighted by Crippen LogP contribution is -2.41. The molecule has 1 atom stereocenters. The highest BCUT2D eigenvalue weighted by Crippen LogP contribution is 2.22. The molecule has 0 aliphatic carbocycles. The fourth-order valence-electron chi connectivity index (χ4n) is 3.30. The lowest BCUT2D eigenvalue weighted by Gasteiger charge is -2.31. The number of hydrogen-bond acceptors (Lipinski definition) is 4. The summed E-state index contributed by atoms with van der Waals surface area (Å²) in [6.45, 7) is 2.15. The predicted octanol–water partition coefficient (Wildman–Crippen LogP) is 4.29. The predicted molar refractivity (Wildman–Crippen MR) is 106 cm³/mol. The Morgan fingerprint density at radius 2 is 1.60 bits per heavy atom. The van der Waals surface area contributed by atoms with E-state index in [0.29, 0.717) is 36.5 Å². The van der Waals surface area contributed by atoms with Gasteiger partial charge in [-0.25, -0.2) is 8.78 Å². The highest BCUT2D eigenvalue weighted by atomic mass is 35.5. The zero-order chi connectivity index (χ0) is 21.8. The number of nitrogens with zero attached hydrogens (tertiary/aromatic N) is 1. The molecule has 1 aliphatic rings.